The Balaban J connectivity index is 0.00000182. The molecule has 27 heavy (non-hydrogen) atoms. The number of nitrogens with zero attached hydrogens (tertiary/aromatic N) is 5. The maximum Gasteiger partial charge on any atom is 0.263 e. The van der Waals surface area contributed by atoms with E-state index < -0.39 is 0 Å². The first-order valence-electron chi connectivity index (χ1n) is 7.81. The molecule has 2 heterocycles. The van der Waals surface area contributed by atoms with Gasteiger partial charge in [0.2, 0.25) is 0 Å². The van der Waals surface area contributed by atoms with Crippen LogP contribution in [0.3, 0.4) is 0 Å². The monoisotopic (exact) mass is 411 g/mol. The lowest BCUT2D eigenvalue weighted by molar-refractivity contribution is 0.414. The molecule has 0 atom stereocenters. The Labute approximate surface area is 170 Å². The Hall–Kier alpha value is -2.71. The molecule has 10 heteroatoms. The number of nitrogens with two attached hydrogens (primary N) is 1. The van der Waals surface area contributed by atoms with Crippen molar-refractivity contribution in [2.45, 2.75) is 20.8 Å². The lowest BCUT2D eigenvalue weighted by Gasteiger charge is -2.10. The van der Waals surface area contributed by atoms with Gasteiger partial charge in [-0.3, -0.25) is 0 Å². The van der Waals surface area contributed by atoms with Gasteiger partial charge in [-0.1, -0.05) is 0 Å². The molecule has 0 spiro atoms. The summed E-state index contributed by atoms with van der Waals surface area (Å²) >= 11 is 0. The molecule has 0 radical (unpaired) electrons. The third kappa shape index (κ3) is 4.53. The molecule has 0 unspecified atom stereocenters. The van der Waals surface area contributed by atoms with Crippen LogP contribution in [0.5, 0.6) is 5.75 Å². The van der Waals surface area contributed by atoms with Gasteiger partial charge in [0.1, 0.15) is 5.75 Å². The summed E-state index contributed by atoms with van der Waals surface area (Å²) < 4.78 is 8.72. The fraction of sp³-hybridized carbons (Fsp3) is 0.235. The van der Waals surface area contributed by atoms with Crippen LogP contribution in [0, 0.1) is 20.8 Å². The van der Waals surface area contributed by atoms with E-state index in [1.54, 1.807) is 20.2 Å². The smallest absolute Gasteiger partial charge is 0.263 e. The summed E-state index contributed by atoms with van der Waals surface area (Å²) in [6, 6.07) is 10.0. The summed E-state index contributed by atoms with van der Waals surface area (Å²) in [6.07, 6.45) is 1.74. The largest absolute Gasteiger partial charge is 0.497 e. The van der Waals surface area contributed by atoms with Crippen LogP contribution in [0.25, 0.3) is 5.69 Å². The van der Waals surface area contributed by atoms with Crippen molar-refractivity contribution in [2.75, 3.05) is 18.4 Å². The molecule has 2 aromatic heterocycles. The standard InChI is InChI=1S/C17H21N7O.2ClH/c1-11-9-14(10-19-21-17-22-20-13(3)24(17)18)12(2)23(11)15-5-7-16(25-4)8-6-15;;/h5-10H,18H2,1-4H3,(H,21,22);2*1H/b19-10+;;. The minimum Gasteiger partial charge on any atom is -0.497 e. The maximum atomic E-state index is 5.78. The van der Waals surface area contributed by atoms with Gasteiger partial charge in [0.05, 0.1) is 13.3 Å². The van der Waals surface area contributed by atoms with E-state index in [2.05, 4.69) is 38.3 Å². The van der Waals surface area contributed by atoms with E-state index in [4.69, 9.17) is 10.6 Å². The van der Waals surface area contributed by atoms with E-state index in [1.165, 1.54) is 4.68 Å². The van der Waals surface area contributed by atoms with E-state index >= 15 is 0 Å². The number of halogens is 2. The molecule has 146 valence electrons. The van der Waals surface area contributed by atoms with Crippen molar-refractivity contribution >= 4 is 37.0 Å². The number of methoxy groups -OCH3 is 1. The molecule has 0 saturated heterocycles. The summed E-state index contributed by atoms with van der Waals surface area (Å²) in [5, 5.41) is 12.0. The van der Waals surface area contributed by atoms with Crippen molar-refractivity contribution in [3.8, 4) is 11.4 Å². The molecule has 8 nitrogen and oxygen atoms in total. The van der Waals surface area contributed by atoms with Crippen LogP contribution in [0.15, 0.2) is 35.4 Å². The Bertz CT molecular complexity index is 916. The normalized spacial score (nSPS) is 10.4. The number of aromatic nitrogens is 4. The second-order valence-corrected chi connectivity index (χ2v) is 5.67. The highest BCUT2D eigenvalue weighted by Gasteiger charge is 2.10. The van der Waals surface area contributed by atoms with Gasteiger partial charge in [-0.25, -0.2) is 10.1 Å². The van der Waals surface area contributed by atoms with Crippen LogP contribution in [-0.2, 0) is 0 Å². The molecule has 1 aromatic carbocycles. The zero-order valence-corrected chi connectivity index (χ0v) is 17.1. The number of hydrogen-bond donors (Lipinski definition) is 2. The van der Waals surface area contributed by atoms with Crippen molar-refractivity contribution in [1.29, 1.82) is 0 Å². The first kappa shape index (κ1) is 22.3. The Morgan fingerprint density at radius 3 is 2.33 bits per heavy atom. The highest BCUT2D eigenvalue weighted by atomic mass is 35.5. The maximum absolute atomic E-state index is 5.78. The van der Waals surface area contributed by atoms with Gasteiger partial charge in [-0.15, -0.1) is 35.0 Å². The molecule has 3 N–H and O–H groups in total. The van der Waals surface area contributed by atoms with Crippen LogP contribution >= 0.6 is 24.8 Å². The zero-order chi connectivity index (χ0) is 18.0. The van der Waals surface area contributed by atoms with Crippen LogP contribution in [-0.4, -0.2) is 32.8 Å². The molecular formula is C17H23Cl2N7O. The van der Waals surface area contributed by atoms with Crippen LogP contribution in [0.1, 0.15) is 22.8 Å². The minimum absolute atomic E-state index is 0. The number of rotatable bonds is 5. The van der Waals surface area contributed by atoms with E-state index in [9.17, 15) is 0 Å². The molecule has 0 aliphatic carbocycles. The van der Waals surface area contributed by atoms with Crippen LogP contribution < -0.4 is 16.0 Å². The number of hydrazone groups is 1. The number of benzene rings is 1. The molecule has 3 aromatic rings. The second-order valence-electron chi connectivity index (χ2n) is 5.67. The first-order chi connectivity index (χ1) is 12.0. The fourth-order valence-electron chi connectivity index (χ4n) is 2.65. The van der Waals surface area contributed by atoms with Crippen molar-refractivity contribution in [1.82, 2.24) is 19.4 Å². The molecular weight excluding hydrogens is 389 g/mol. The third-order valence-corrected chi connectivity index (χ3v) is 4.04. The fourth-order valence-corrected chi connectivity index (χ4v) is 2.65. The molecule has 0 aliphatic heterocycles. The highest BCUT2D eigenvalue weighted by molar-refractivity contribution is 5.85. The summed E-state index contributed by atoms with van der Waals surface area (Å²) in [5.41, 5.74) is 7.07. The first-order valence-corrected chi connectivity index (χ1v) is 7.81. The van der Waals surface area contributed by atoms with Crippen molar-refractivity contribution < 1.29 is 4.74 Å². The topological polar surface area (TPSA) is 95.3 Å². The molecule has 0 amide bonds. The van der Waals surface area contributed by atoms with Crippen molar-refractivity contribution in [3.05, 3.63) is 53.1 Å². The van der Waals surface area contributed by atoms with Gasteiger partial charge >= 0.3 is 0 Å². The van der Waals surface area contributed by atoms with Gasteiger partial charge < -0.3 is 15.1 Å². The molecule has 0 fully saturated rings. The van der Waals surface area contributed by atoms with Crippen LogP contribution in [0.2, 0.25) is 0 Å². The molecule has 0 saturated carbocycles. The second kappa shape index (κ2) is 9.29. The number of hydrogen-bond acceptors (Lipinski definition) is 6. The minimum atomic E-state index is 0. The zero-order valence-electron chi connectivity index (χ0n) is 15.5. The summed E-state index contributed by atoms with van der Waals surface area (Å²) in [7, 11) is 1.66. The Morgan fingerprint density at radius 2 is 1.78 bits per heavy atom. The van der Waals surface area contributed by atoms with E-state index in [0.29, 0.717) is 11.8 Å². The quantitative estimate of drug-likeness (QED) is 0.382. The number of nitrogens with one attached hydrogen (secondary N) is 1. The van der Waals surface area contributed by atoms with Gasteiger partial charge in [0.25, 0.3) is 5.95 Å². The predicted molar refractivity (Wildman–Crippen MR) is 112 cm³/mol. The summed E-state index contributed by atoms with van der Waals surface area (Å²) in [6.45, 7) is 5.88. The average Bonchev–Trinajstić information content (AvgIpc) is 3.08. The van der Waals surface area contributed by atoms with E-state index in [1.807, 2.05) is 31.2 Å². The van der Waals surface area contributed by atoms with Crippen LogP contribution in [0.4, 0.5) is 5.95 Å². The lowest BCUT2D eigenvalue weighted by atomic mass is 10.2. The van der Waals surface area contributed by atoms with Crippen molar-refractivity contribution in [2.24, 2.45) is 5.10 Å². The van der Waals surface area contributed by atoms with E-state index in [-0.39, 0.29) is 24.8 Å². The third-order valence-electron chi connectivity index (χ3n) is 4.04. The predicted octanol–water partition coefficient (Wildman–Crippen LogP) is 3.01. The van der Waals surface area contributed by atoms with Gasteiger partial charge in [-0.2, -0.15) is 5.10 Å². The number of nitrogen functional groups attached to an aromatic ring is 1. The number of anilines is 1. The Morgan fingerprint density at radius 1 is 1.11 bits per heavy atom. The average molecular weight is 412 g/mol. The van der Waals surface area contributed by atoms with Gasteiger partial charge in [0, 0.05) is 22.6 Å². The highest BCUT2D eigenvalue weighted by Crippen LogP contribution is 2.22. The summed E-state index contributed by atoms with van der Waals surface area (Å²) in [4.78, 5) is 0. The summed E-state index contributed by atoms with van der Waals surface area (Å²) in [5.74, 6) is 7.61. The molecule has 0 bridgehead atoms. The van der Waals surface area contributed by atoms with Gasteiger partial charge in [0.15, 0.2) is 5.82 Å². The molecule has 0 aliphatic rings. The SMILES string of the molecule is COc1ccc(-n2c(C)cc(/C=N/Nc3nnc(C)n3N)c2C)cc1.Cl.Cl. The van der Waals surface area contributed by atoms with E-state index in [0.717, 1.165) is 28.4 Å². The number of aryl methyl sites for hydroxylation is 2. The number of ether oxygens (including phenoxy) is 1. The lowest BCUT2D eigenvalue weighted by Crippen LogP contribution is -2.13. The molecule has 3 rings (SSSR count). The van der Waals surface area contributed by atoms with Crippen molar-refractivity contribution in [3.63, 3.8) is 0 Å². The van der Waals surface area contributed by atoms with Gasteiger partial charge in [-0.05, 0) is 51.1 Å². The Kier molecular flexibility index (Phi) is 7.68.